The molecule has 3 heterocycles. The zero-order valence-corrected chi connectivity index (χ0v) is 20.6. The summed E-state index contributed by atoms with van der Waals surface area (Å²) in [4.78, 5) is 29.2. The SMILES string of the molecule is Cc1ccc(-c2ccc(=O)n(CC(=O)N3CCN(S(=O)(=O)c4ccc5c(c4)CCC5)CC3)n2)s1. The number of benzene rings is 1. The van der Waals surface area contributed by atoms with Gasteiger partial charge < -0.3 is 4.90 Å². The summed E-state index contributed by atoms with van der Waals surface area (Å²) in [5.74, 6) is -0.247. The molecule has 0 radical (unpaired) electrons. The molecule has 178 valence electrons. The van der Waals surface area contributed by atoms with Gasteiger partial charge in [0, 0.05) is 37.1 Å². The van der Waals surface area contributed by atoms with E-state index in [1.165, 1.54) is 20.6 Å². The maximum absolute atomic E-state index is 13.1. The first-order valence-electron chi connectivity index (χ1n) is 11.4. The van der Waals surface area contributed by atoms with E-state index in [9.17, 15) is 18.0 Å². The molecule has 1 amide bonds. The van der Waals surface area contributed by atoms with Crippen molar-refractivity contribution in [3.05, 3.63) is 68.8 Å². The van der Waals surface area contributed by atoms with Gasteiger partial charge >= 0.3 is 0 Å². The first kappa shape index (κ1) is 22.9. The summed E-state index contributed by atoms with van der Waals surface area (Å²) in [5, 5.41) is 4.37. The molecule has 3 aromatic rings. The number of nitrogens with zero attached hydrogens (tertiary/aromatic N) is 4. The van der Waals surface area contributed by atoms with Crippen LogP contribution in [-0.4, -0.2) is 59.5 Å². The molecule has 0 saturated carbocycles. The Balaban J connectivity index is 1.25. The largest absolute Gasteiger partial charge is 0.338 e. The van der Waals surface area contributed by atoms with Crippen LogP contribution >= 0.6 is 11.3 Å². The Morgan fingerprint density at radius 1 is 1.00 bits per heavy atom. The lowest BCUT2D eigenvalue weighted by Crippen LogP contribution is -2.51. The van der Waals surface area contributed by atoms with Crippen LogP contribution in [0.4, 0.5) is 0 Å². The van der Waals surface area contributed by atoms with Crippen LogP contribution in [0.1, 0.15) is 22.4 Å². The zero-order valence-electron chi connectivity index (χ0n) is 18.9. The average Bonchev–Trinajstić information content (AvgIpc) is 3.49. The minimum atomic E-state index is -3.60. The van der Waals surface area contributed by atoms with Crippen LogP contribution in [0.2, 0.25) is 0 Å². The van der Waals surface area contributed by atoms with Gasteiger partial charge in [0.1, 0.15) is 12.2 Å². The lowest BCUT2D eigenvalue weighted by atomic mass is 10.1. The minimum absolute atomic E-state index is 0.172. The first-order chi connectivity index (χ1) is 16.3. The number of carbonyl (C=O) groups is 1. The molecule has 0 unspecified atom stereocenters. The molecule has 10 heteroatoms. The molecule has 1 fully saturated rings. The van der Waals surface area contributed by atoms with E-state index >= 15 is 0 Å². The van der Waals surface area contributed by atoms with E-state index in [2.05, 4.69) is 5.10 Å². The van der Waals surface area contributed by atoms with Gasteiger partial charge in [-0.05, 0) is 67.6 Å². The van der Waals surface area contributed by atoms with E-state index in [1.54, 1.807) is 34.4 Å². The quantitative estimate of drug-likeness (QED) is 0.538. The molecule has 1 saturated heterocycles. The molecule has 2 aromatic heterocycles. The molecule has 0 atom stereocenters. The molecule has 8 nitrogen and oxygen atoms in total. The van der Waals surface area contributed by atoms with Crippen LogP contribution in [0.5, 0.6) is 0 Å². The van der Waals surface area contributed by atoms with Gasteiger partial charge in [0.25, 0.3) is 5.56 Å². The Labute approximate surface area is 202 Å². The monoisotopic (exact) mass is 498 g/mol. The fourth-order valence-corrected chi connectivity index (χ4v) is 6.84. The number of piperazine rings is 1. The highest BCUT2D eigenvalue weighted by atomic mass is 32.2. The van der Waals surface area contributed by atoms with E-state index in [-0.39, 0.29) is 44.2 Å². The smallest absolute Gasteiger partial charge is 0.267 e. The highest BCUT2D eigenvalue weighted by Gasteiger charge is 2.31. The maximum Gasteiger partial charge on any atom is 0.267 e. The lowest BCUT2D eigenvalue weighted by Gasteiger charge is -2.34. The third-order valence-corrected chi connectivity index (χ3v) is 9.36. The summed E-state index contributed by atoms with van der Waals surface area (Å²) in [7, 11) is -3.60. The molecule has 0 bridgehead atoms. The van der Waals surface area contributed by atoms with Gasteiger partial charge in [0.15, 0.2) is 0 Å². The van der Waals surface area contributed by atoms with Crippen molar-refractivity contribution in [2.75, 3.05) is 26.2 Å². The predicted molar refractivity (Wildman–Crippen MR) is 130 cm³/mol. The summed E-state index contributed by atoms with van der Waals surface area (Å²) in [6, 6.07) is 12.4. The topological polar surface area (TPSA) is 92.6 Å². The van der Waals surface area contributed by atoms with Crippen molar-refractivity contribution >= 4 is 27.3 Å². The van der Waals surface area contributed by atoms with Crippen molar-refractivity contribution in [2.24, 2.45) is 0 Å². The number of carbonyl (C=O) groups excluding carboxylic acids is 1. The van der Waals surface area contributed by atoms with E-state index in [4.69, 9.17) is 0 Å². The average molecular weight is 499 g/mol. The fourth-order valence-electron chi connectivity index (χ4n) is 4.53. The van der Waals surface area contributed by atoms with E-state index in [1.807, 2.05) is 25.1 Å². The molecule has 0 N–H and O–H groups in total. The normalized spacial score (nSPS) is 16.6. The van der Waals surface area contributed by atoms with Crippen molar-refractivity contribution in [3.8, 4) is 10.6 Å². The number of aryl methyl sites for hydroxylation is 3. The second-order valence-electron chi connectivity index (χ2n) is 8.69. The van der Waals surface area contributed by atoms with Crippen LogP contribution < -0.4 is 5.56 Å². The summed E-state index contributed by atoms with van der Waals surface area (Å²) >= 11 is 1.57. The number of sulfonamides is 1. The predicted octanol–water partition coefficient (Wildman–Crippen LogP) is 2.30. The summed E-state index contributed by atoms with van der Waals surface area (Å²) in [5.41, 5.74) is 2.66. The Kier molecular flexibility index (Phi) is 6.13. The molecule has 2 aliphatic rings. The minimum Gasteiger partial charge on any atom is -0.338 e. The van der Waals surface area contributed by atoms with Gasteiger partial charge in [-0.3, -0.25) is 9.59 Å². The van der Waals surface area contributed by atoms with Crippen molar-refractivity contribution in [1.29, 1.82) is 0 Å². The van der Waals surface area contributed by atoms with Crippen LogP contribution in [0.3, 0.4) is 0 Å². The number of thiophene rings is 1. The highest BCUT2D eigenvalue weighted by molar-refractivity contribution is 7.89. The molecule has 5 rings (SSSR count). The number of aromatic nitrogens is 2. The van der Waals surface area contributed by atoms with Crippen molar-refractivity contribution < 1.29 is 13.2 Å². The van der Waals surface area contributed by atoms with Crippen LogP contribution in [-0.2, 0) is 34.2 Å². The summed E-state index contributed by atoms with van der Waals surface area (Å²) in [6.07, 6.45) is 2.99. The molecule has 34 heavy (non-hydrogen) atoms. The Hall–Kier alpha value is -2.82. The van der Waals surface area contributed by atoms with Gasteiger partial charge in [-0.15, -0.1) is 11.3 Å². The third-order valence-electron chi connectivity index (χ3n) is 6.44. The molecule has 0 spiro atoms. The number of rotatable bonds is 5. The van der Waals surface area contributed by atoms with Crippen LogP contribution in [0, 0.1) is 6.92 Å². The molecule has 1 aromatic carbocycles. The van der Waals surface area contributed by atoms with Gasteiger partial charge in [-0.2, -0.15) is 9.40 Å². The number of hydrogen-bond donors (Lipinski definition) is 0. The van der Waals surface area contributed by atoms with Crippen LogP contribution in [0.25, 0.3) is 10.6 Å². The summed E-state index contributed by atoms with van der Waals surface area (Å²) in [6.45, 7) is 2.83. The second kappa shape index (κ2) is 9.09. The summed E-state index contributed by atoms with van der Waals surface area (Å²) < 4.78 is 28.9. The molecular weight excluding hydrogens is 472 g/mol. The lowest BCUT2D eigenvalue weighted by molar-refractivity contribution is -0.133. The maximum atomic E-state index is 13.1. The Bertz CT molecular complexity index is 1400. The molecule has 1 aliphatic carbocycles. The van der Waals surface area contributed by atoms with Crippen molar-refractivity contribution in [3.63, 3.8) is 0 Å². The standard InChI is InChI=1S/C24H26N4O4S2/c1-17-5-9-22(33-17)21-8-10-23(29)28(25-21)16-24(30)26-11-13-27(14-12-26)34(31,32)20-7-6-18-3-2-4-19(18)15-20/h5-10,15H,2-4,11-14,16H2,1H3. The van der Waals surface area contributed by atoms with E-state index in [0.717, 1.165) is 34.6 Å². The zero-order chi connectivity index (χ0) is 23.9. The Morgan fingerprint density at radius 2 is 1.76 bits per heavy atom. The van der Waals surface area contributed by atoms with Gasteiger partial charge in [0.05, 0.1) is 9.77 Å². The Morgan fingerprint density at radius 3 is 2.50 bits per heavy atom. The van der Waals surface area contributed by atoms with E-state index in [0.29, 0.717) is 10.6 Å². The van der Waals surface area contributed by atoms with Gasteiger partial charge in [0.2, 0.25) is 15.9 Å². The van der Waals surface area contributed by atoms with Crippen molar-refractivity contribution in [2.45, 2.75) is 37.6 Å². The highest BCUT2D eigenvalue weighted by Crippen LogP contribution is 2.27. The van der Waals surface area contributed by atoms with E-state index < -0.39 is 10.0 Å². The number of fused-ring (bicyclic) bond motifs is 1. The molecule has 1 aliphatic heterocycles. The first-order valence-corrected chi connectivity index (χ1v) is 13.6. The van der Waals surface area contributed by atoms with Crippen LogP contribution in [0.15, 0.2) is 52.2 Å². The van der Waals surface area contributed by atoms with Gasteiger partial charge in [-0.1, -0.05) is 6.07 Å². The number of amides is 1. The van der Waals surface area contributed by atoms with Crippen molar-refractivity contribution in [1.82, 2.24) is 19.0 Å². The third kappa shape index (κ3) is 4.45. The second-order valence-corrected chi connectivity index (χ2v) is 11.9. The number of hydrogen-bond acceptors (Lipinski definition) is 6. The fraction of sp³-hybridized carbons (Fsp3) is 0.375. The molecular formula is C24H26N4O4S2. The van der Waals surface area contributed by atoms with Gasteiger partial charge in [-0.25, -0.2) is 13.1 Å².